The van der Waals surface area contributed by atoms with Gasteiger partial charge in [-0.3, -0.25) is 14.9 Å². The van der Waals surface area contributed by atoms with Crippen molar-refractivity contribution in [2.75, 3.05) is 18.5 Å². The van der Waals surface area contributed by atoms with Gasteiger partial charge in [-0.05, 0) is 36.4 Å². The van der Waals surface area contributed by atoms with E-state index in [1.165, 1.54) is 24.3 Å². The number of rotatable bonds is 8. The quantitative estimate of drug-likeness (QED) is 0.358. The molecule has 1 N–H and O–H groups in total. The van der Waals surface area contributed by atoms with Crippen LogP contribution in [0.1, 0.15) is 10.4 Å². The van der Waals surface area contributed by atoms with Crippen LogP contribution in [-0.4, -0.2) is 24.0 Å². The molecule has 0 aromatic heterocycles. The van der Waals surface area contributed by atoms with E-state index in [1.54, 1.807) is 24.3 Å². The third-order valence-electron chi connectivity index (χ3n) is 3.80. The molecule has 0 unspecified atom stereocenters. The number of nitro benzene ring substituents is 1. The Kier molecular flexibility index (Phi) is 6.20. The van der Waals surface area contributed by atoms with E-state index in [0.29, 0.717) is 30.2 Å². The lowest BCUT2D eigenvalue weighted by molar-refractivity contribution is -0.384. The van der Waals surface area contributed by atoms with E-state index in [-0.39, 0.29) is 11.6 Å². The number of carbonyl (C=O) groups excluding carboxylic acids is 1. The van der Waals surface area contributed by atoms with Gasteiger partial charge < -0.3 is 14.8 Å². The second-order valence-electron chi connectivity index (χ2n) is 5.80. The Labute approximate surface area is 161 Å². The summed E-state index contributed by atoms with van der Waals surface area (Å²) >= 11 is 0. The molecule has 7 heteroatoms. The van der Waals surface area contributed by atoms with E-state index >= 15 is 0 Å². The number of nitro groups is 1. The average molecular weight is 378 g/mol. The number of ether oxygens (including phenoxy) is 2. The molecule has 142 valence electrons. The largest absolute Gasteiger partial charge is 0.490 e. The summed E-state index contributed by atoms with van der Waals surface area (Å²) in [4.78, 5) is 22.5. The van der Waals surface area contributed by atoms with Gasteiger partial charge in [0.2, 0.25) is 0 Å². The zero-order valence-corrected chi connectivity index (χ0v) is 14.9. The van der Waals surface area contributed by atoms with Crippen LogP contribution in [0.15, 0.2) is 78.9 Å². The molecule has 0 spiro atoms. The van der Waals surface area contributed by atoms with Crippen LogP contribution >= 0.6 is 0 Å². The number of anilines is 1. The lowest BCUT2D eigenvalue weighted by Gasteiger charge is -2.10. The molecule has 3 aromatic carbocycles. The number of carbonyl (C=O) groups is 1. The number of nitrogens with zero attached hydrogens (tertiary/aromatic N) is 1. The van der Waals surface area contributed by atoms with E-state index in [4.69, 9.17) is 9.47 Å². The maximum Gasteiger partial charge on any atom is 0.269 e. The molecule has 3 rings (SSSR count). The molecule has 28 heavy (non-hydrogen) atoms. The fourth-order valence-corrected chi connectivity index (χ4v) is 2.44. The highest BCUT2D eigenvalue weighted by atomic mass is 16.6. The van der Waals surface area contributed by atoms with Crippen molar-refractivity contribution in [2.24, 2.45) is 0 Å². The highest BCUT2D eigenvalue weighted by Crippen LogP contribution is 2.19. The molecule has 0 aliphatic heterocycles. The summed E-state index contributed by atoms with van der Waals surface area (Å²) in [6, 6.07) is 21.8. The van der Waals surface area contributed by atoms with E-state index < -0.39 is 4.92 Å². The number of non-ortho nitro benzene ring substituents is 1. The Balaban J connectivity index is 1.52. The number of para-hydroxylation sites is 1. The van der Waals surface area contributed by atoms with Gasteiger partial charge in [0.05, 0.1) is 4.92 Å². The SMILES string of the molecule is O=C(Nc1cccc(OCCOc2ccccc2)c1)c1ccc([N+](=O)[O-])cc1. The number of hydrogen-bond acceptors (Lipinski definition) is 5. The van der Waals surface area contributed by atoms with Crippen LogP contribution in [0.25, 0.3) is 0 Å². The standard InChI is InChI=1S/C21H18N2O5/c24-21(16-9-11-18(12-10-16)23(25)26)22-17-5-4-8-20(15-17)28-14-13-27-19-6-2-1-3-7-19/h1-12,15H,13-14H2,(H,22,24). The highest BCUT2D eigenvalue weighted by molar-refractivity contribution is 6.04. The van der Waals surface area contributed by atoms with Gasteiger partial charge in [-0.1, -0.05) is 24.3 Å². The average Bonchev–Trinajstić information content (AvgIpc) is 2.72. The Morgan fingerprint density at radius 3 is 2.18 bits per heavy atom. The first-order valence-corrected chi connectivity index (χ1v) is 8.58. The Morgan fingerprint density at radius 1 is 0.857 bits per heavy atom. The Morgan fingerprint density at radius 2 is 1.50 bits per heavy atom. The minimum Gasteiger partial charge on any atom is -0.490 e. The first-order chi connectivity index (χ1) is 13.6. The third kappa shape index (κ3) is 5.31. The molecular formula is C21H18N2O5. The summed E-state index contributed by atoms with van der Waals surface area (Å²) in [6.07, 6.45) is 0. The van der Waals surface area contributed by atoms with Gasteiger partial charge in [-0.2, -0.15) is 0 Å². The van der Waals surface area contributed by atoms with Crippen molar-refractivity contribution in [1.29, 1.82) is 0 Å². The number of nitrogens with one attached hydrogen (secondary N) is 1. The third-order valence-corrected chi connectivity index (χ3v) is 3.80. The van der Waals surface area contributed by atoms with E-state index in [0.717, 1.165) is 5.75 Å². The Bertz CT molecular complexity index is 943. The maximum atomic E-state index is 12.3. The predicted molar refractivity (Wildman–Crippen MR) is 105 cm³/mol. The monoisotopic (exact) mass is 378 g/mol. The molecule has 3 aromatic rings. The summed E-state index contributed by atoms with van der Waals surface area (Å²) in [6.45, 7) is 0.748. The van der Waals surface area contributed by atoms with Crippen molar-refractivity contribution in [1.82, 2.24) is 0 Å². The first-order valence-electron chi connectivity index (χ1n) is 8.58. The van der Waals surface area contributed by atoms with Crippen molar-refractivity contribution < 1.29 is 19.2 Å². The first kappa shape index (κ1) is 18.9. The number of benzene rings is 3. The van der Waals surface area contributed by atoms with Crippen LogP contribution < -0.4 is 14.8 Å². The summed E-state index contributed by atoms with van der Waals surface area (Å²) in [5, 5.41) is 13.4. The summed E-state index contributed by atoms with van der Waals surface area (Å²) < 4.78 is 11.2. The van der Waals surface area contributed by atoms with Crippen LogP contribution in [0, 0.1) is 10.1 Å². The second-order valence-corrected chi connectivity index (χ2v) is 5.80. The molecule has 0 saturated heterocycles. The van der Waals surface area contributed by atoms with Crippen LogP contribution in [-0.2, 0) is 0 Å². The highest BCUT2D eigenvalue weighted by Gasteiger charge is 2.10. The number of hydrogen-bond donors (Lipinski definition) is 1. The zero-order valence-electron chi connectivity index (χ0n) is 14.9. The van der Waals surface area contributed by atoms with Crippen LogP contribution in [0.3, 0.4) is 0 Å². The summed E-state index contributed by atoms with van der Waals surface area (Å²) in [5.74, 6) is 1.01. The molecule has 0 saturated carbocycles. The minimum atomic E-state index is -0.510. The normalized spacial score (nSPS) is 10.1. The van der Waals surface area contributed by atoms with Gasteiger partial charge in [0, 0.05) is 29.4 Å². The molecule has 0 bridgehead atoms. The Hall–Kier alpha value is -3.87. The molecule has 0 aliphatic carbocycles. The van der Waals surface area contributed by atoms with Crippen molar-refractivity contribution in [2.45, 2.75) is 0 Å². The van der Waals surface area contributed by atoms with Crippen molar-refractivity contribution >= 4 is 17.3 Å². The lowest BCUT2D eigenvalue weighted by atomic mass is 10.2. The van der Waals surface area contributed by atoms with Gasteiger partial charge in [0.1, 0.15) is 24.7 Å². The van der Waals surface area contributed by atoms with Crippen molar-refractivity contribution in [3.05, 3.63) is 94.5 Å². The molecule has 0 aliphatic rings. The lowest BCUT2D eigenvalue weighted by Crippen LogP contribution is -2.12. The molecule has 0 atom stereocenters. The van der Waals surface area contributed by atoms with Crippen LogP contribution in [0.2, 0.25) is 0 Å². The van der Waals surface area contributed by atoms with E-state index in [9.17, 15) is 14.9 Å². The molecule has 0 radical (unpaired) electrons. The van der Waals surface area contributed by atoms with Crippen molar-refractivity contribution in [3.63, 3.8) is 0 Å². The van der Waals surface area contributed by atoms with Gasteiger partial charge in [0.25, 0.3) is 11.6 Å². The zero-order chi connectivity index (χ0) is 19.8. The molecule has 7 nitrogen and oxygen atoms in total. The smallest absolute Gasteiger partial charge is 0.269 e. The topological polar surface area (TPSA) is 90.7 Å². The van der Waals surface area contributed by atoms with E-state index in [2.05, 4.69) is 5.32 Å². The van der Waals surface area contributed by atoms with E-state index in [1.807, 2.05) is 30.3 Å². The fraction of sp³-hybridized carbons (Fsp3) is 0.0952. The fourth-order valence-electron chi connectivity index (χ4n) is 2.44. The van der Waals surface area contributed by atoms with Crippen molar-refractivity contribution in [3.8, 4) is 11.5 Å². The maximum absolute atomic E-state index is 12.3. The van der Waals surface area contributed by atoms with Crippen LogP contribution in [0.5, 0.6) is 11.5 Å². The molecule has 0 heterocycles. The second kappa shape index (κ2) is 9.18. The summed E-state index contributed by atoms with van der Waals surface area (Å²) in [7, 11) is 0. The van der Waals surface area contributed by atoms with Crippen LogP contribution in [0.4, 0.5) is 11.4 Å². The summed E-state index contributed by atoms with van der Waals surface area (Å²) in [5.41, 5.74) is 0.822. The van der Waals surface area contributed by atoms with Gasteiger partial charge in [0.15, 0.2) is 0 Å². The number of amides is 1. The predicted octanol–water partition coefficient (Wildman–Crippen LogP) is 4.30. The minimum absolute atomic E-state index is 0.0651. The van der Waals surface area contributed by atoms with Gasteiger partial charge in [-0.15, -0.1) is 0 Å². The molecule has 0 fully saturated rings. The van der Waals surface area contributed by atoms with Gasteiger partial charge >= 0.3 is 0 Å². The van der Waals surface area contributed by atoms with Gasteiger partial charge in [-0.25, -0.2) is 0 Å². The molecular weight excluding hydrogens is 360 g/mol. The molecule has 1 amide bonds.